The molecule has 2 aliphatic carbocycles. The molecule has 0 aromatic heterocycles. The minimum absolute atomic E-state index is 0.0241. The molecule has 1 spiro atoms. The van der Waals surface area contributed by atoms with Crippen LogP contribution in [-0.4, -0.2) is 28.3 Å². The van der Waals surface area contributed by atoms with E-state index in [0.29, 0.717) is 37.0 Å². The van der Waals surface area contributed by atoms with Crippen molar-refractivity contribution in [3.05, 3.63) is 11.3 Å². The Balaban J connectivity index is 2.01. The van der Waals surface area contributed by atoms with Gasteiger partial charge in [-0.2, -0.15) is 0 Å². The van der Waals surface area contributed by atoms with Crippen molar-refractivity contribution in [1.82, 2.24) is 0 Å². The summed E-state index contributed by atoms with van der Waals surface area (Å²) in [5.74, 6) is -0.452. The Hall–Kier alpha value is -0.740. The van der Waals surface area contributed by atoms with Crippen molar-refractivity contribution in [3.63, 3.8) is 0 Å². The summed E-state index contributed by atoms with van der Waals surface area (Å²) in [6.45, 7) is 5.43. The SMILES string of the molecule is CC(C)(C)C(=O)OC1=C(C2CCC(Cl)CC2Cl)C(=O)OC12CCCCC2. The van der Waals surface area contributed by atoms with Gasteiger partial charge in [-0.3, -0.25) is 4.79 Å². The Bertz CT molecular complexity index is 614. The van der Waals surface area contributed by atoms with Crippen molar-refractivity contribution in [2.75, 3.05) is 0 Å². The number of alkyl halides is 2. The highest BCUT2D eigenvalue weighted by atomic mass is 35.5. The van der Waals surface area contributed by atoms with E-state index >= 15 is 0 Å². The molecule has 3 atom stereocenters. The molecular weight excluding hydrogens is 375 g/mol. The third-order valence-corrected chi connectivity index (χ3v) is 6.59. The molecule has 0 radical (unpaired) electrons. The third-order valence-electron chi connectivity index (χ3n) is 5.71. The zero-order chi connectivity index (χ0) is 19.1. The molecule has 1 heterocycles. The van der Waals surface area contributed by atoms with E-state index in [1.807, 2.05) is 20.8 Å². The molecule has 2 fully saturated rings. The lowest BCUT2D eigenvalue weighted by molar-refractivity contribution is -0.160. The van der Waals surface area contributed by atoms with Crippen LogP contribution in [0.15, 0.2) is 11.3 Å². The lowest BCUT2D eigenvalue weighted by atomic mass is 9.78. The molecule has 0 saturated heterocycles. The van der Waals surface area contributed by atoms with E-state index in [2.05, 4.69) is 0 Å². The van der Waals surface area contributed by atoms with E-state index < -0.39 is 11.0 Å². The van der Waals surface area contributed by atoms with Crippen LogP contribution in [0.5, 0.6) is 0 Å². The maximum absolute atomic E-state index is 12.9. The second-order valence-corrected chi connectivity index (χ2v) is 10.0. The average molecular weight is 403 g/mol. The zero-order valence-corrected chi connectivity index (χ0v) is 17.3. The van der Waals surface area contributed by atoms with Gasteiger partial charge in [-0.05, 0) is 65.7 Å². The van der Waals surface area contributed by atoms with Gasteiger partial charge in [0.1, 0.15) is 0 Å². The van der Waals surface area contributed by atoms with Crippen molar-refractivity contribution >= 4 is 35.1 Å². The molecule has 0 N–H and O–H groups in total. The number of carbonyl (C=O) groups excluding carboxylic acids is 2. The molecule has 6 heteroatoms. The quantitative estimate of drug-likeness (QED) is 0.475. The van der Waals surface area contributed by atoms with E-state index in [4.69, 9.17) is 32.7 Å². The molecule has 146 valence electrons. The average Bonchev–Trinajstić information content (AvgIpc) is 2.79. The Kier molecular flexibility index (Phi) is 5.66. The molecular formula is C20H28Cl2O4. The van der Waals surface area contributed by atoms with E-state index in [-0.39, 0.29) is 28.6 Å². The van der Waals surface area contributed by atoms with Gasteiger partial charge in [0, 0.05) is 16.7 Å². The number of esters is 2. The van der Waals surface area contributed by atoms with Crippen molar-refractivity contribution in [2.24, 2.45) is 11.3 Å². The first-order valence-corrected chi connectivity index (χ1v) is 10.5. The van der Waals surface area contributed by atoms with Crippen molar-refractivity contribution in [1.29, 1.82) is 0 Å². The Morgan fingerprint density at radius 3 is 2.38 bits per heavy atom. The summed E-state index contributed by atoms with van der Waals surface area (Å²) in [5, 5.41) is -0.230. The third kappa shape index (κ3) is 3.77. The molecule has 3 aliphatic rings. The zero-order valence-electron chi connectivity index (χ0n) is 15.8. The van der Waals surface area contributed by atoms with Gasteiger partial charge in [0.15, 0.2) is 11.4 Å². The maximum atomic E-state index is 12.9. The number of halogens is 2. The molecule has 0 aromatic rings. The predicted octanol–water partition coefficient (Wildman–Crippen LogP) is 5.10. The fraction of sp³-hybridized carbons (Fsp3) is 0.800. The standard InChI is InChI=1S/C20H28Cl2O4/c1-19(2,3)18(24)25-16-15(13-8-7-12(21)11-14(13)22)17(23)26-20(16)9-5-4-6-10-20/h12-14H,4-11H2,1-3H3. The van der Waals surface area contributed by atoms with Gasteiger partial charge in [-0.15, -0.1) is 23.2 Å². The summed E-state index contributed by atoms with van der Waals surface area (Å²) < 4.78 is 11.8. The van der Waals surface area contributed by atoms with Gasteiger partial charge in [-0.1, -0.05) is 6.42 Å². The first-order chi connectivity index (χ1) is 12.1. The number of hydrogen-bond donors (Lipinski definition) is 0. The van der Waals surface area contributed by atoms with Crippen LogP contribution in [0.1, 0.15) is 72.1 Å². The summed E-state index contributed by atoms with van der Waals surface area (Å²) in [5.41, 5.74) is -0.971. The number of rotatable bonds is 2. The maximum Gasteiger partial charge on any atom is 0.338 e. The molecule has 3 rings (SSSR count). The van der Waals surface area contributed by atoms with Crippen LogP contribution < -0.4 is 0 Å². The van der Waals surface area contributed by atoms with Gasteiger partial charge in [0.2, 0.25) is 0 Å². The topological polar surface area (TPSA) is 52.6 Å². The summed E-state index contributed by atoms with van der Waals surface area (Å²) in [6, 6.07) is 0. The monoisotopic (exact) mass is 402 g/mol. The Morgan fingerprint density at radius 2 is 1.81 bits per heavy atom. The fourth-order valence-electron chi connectivity index (χ4n) is 4.18. The van der Waals surface area contributed by atoms with Gasteiger partial charge in [0.05, 0.1) is 11.0 Å². The summed E-state index contributed by atoms with van der Waals surface area (Å²) >= 11 is 12.8. The van der Waals surface area contributed by atoms with E-state index in [0.717, 1.165) is 25.7 Å². The second kappa shape index (κ2) is 7.35. The molecule has 4 nitrogen and oxygen atoms in total. The van der Waals surface area contributed by atoms with Crippen LogP contribution in [0, 0.1) is 11.3 Å². The molecule has 0 bridgehead atoms. The lowest BCUT2D eigenvalue weighted by Gasteiger charge is -2.35. The normalized spacial score (nSPS) is 31.9. The first-order valence-electron chi connectivity index (χ1n) is 9.62. The van der Waals surface area contributed by atoms with Crippen LogP contribution in [0.4, 0.5) is 0 Å². The smallest absolute Gasteiger partial charge is 0.338 e. The first kappa shape index (κ1) is 20.0. The highest BCUT2D eigenvalue weighted by Gasteiger charge is 2.54. The molecule has 1 aliphatic heterocycles. The fourth-order valence-corrected chi connectivity index (χ4v) is 5.05. The van der Waals surface area contributed by atoms with E-state index in [1.54, 1.807) is 0 Å². The minimum atomic E-state index is -0.792. The van der Waals surface area contributed by atoms with E-state index in [9.17, 15) is 9.59 Å². The van der Waals surface area contributed by atoms with Crippen LogP contribution >= 0.6 is 23.2 Å². The summed E-state index contributed by atoms with van der Waals surface area (Å²) in [6.07, 6.45) is 6.55. The van der Waals surface area contributed by atoms with Gasteiger partial charge in [0.25, 0.3) is 0 Å². The van der Waals surface area contributed by atoms with Crippen LogP contribution in [0.2, 0.25) is 0 Å². The van der Waals surface area contributed by atoms with Gasteiger partial charge >= 0.3 is 11.9 Å². The molecule has 26 heavy (non-hydrogen) atoms. The van der Waals surface area contributed by atoms with Crippen molar-refractivity contribution < 1.29 is 19.1 Å². The predicted molar refractivity (Wildman–Crippen MR) is 101 cm³/mol. The Morgan fingerprint density at radius 1 is 1.15 bits per heavy atom. The van der Waals surface area contributed by atoms with E-state index in [1.165, 1.54) is 0 Å². The number of carbonyl (C=O) groups is 2. The number of ether oxygens (including phenoxy) is 2. The highest BCUT2D eigenvalue weighted by Crippen LogP contribution is 2.49. The largest absolute Gasteiger partial charge is 0.447 e. The van der Waals surface area contributed by atoms with Crippen LogP contribution in [0.25, 0.3) is 0 Å². The van der Waals surface area contributed by atoms with Gasteiger partial charge in [-0.25, -0.2) is 4.79 Å². The van der Waals surface area contributed by atoms with Crippen molar-refractivity contribution in [3.8, 4) is 0 Å². The van der Waals surface area contributed by atoms with Crippen LogP contribution in [-0.2, 0) is 19.1 Å². The molecule has 0 amide bonds. The lowest BCUT2D eigenvalue weighted by Crippen LogP contribution is -2.38. The van der Waals surface area contributed by atoms with Crippen LogP contribution in [0.3, 0.4) is 0 Å². The summed E-state index contributed by atoms with van der Waals surface area (Å²) in [7, 11) is 0. The summed E-state index contributed by atoms with van der Waals surface area (Å²) in [4.78, 5) is 25.5. The minimum Gasteiger partial charge on any atom is -0.447 e. The van der Waals surface area contributed by atoms with Crippen molar-refractivity contribution in [2.45, 2.75) is 88.5 Å². The van der Waals surface area contributed by atoms with Gasteiger partial charge < -0.3 is 9.47 Å². The Labute approximate surface area is 165 Å². The molecule has 2 saturated carbocycles. The molecule has 3 unspecified atom stereocenters. The highest BCUT2D eigenvalue weighted by molar-refractivity contribution is 6.24. The second-order valence-electron chi connectivity index (χ2n) is 8.86. The molecule has 0 aromatic carbocycles. The number of hydrogen-bond acceptors (Lipinski definition) is 4.